The molecule has 0 radical (unpaired) electrons. The van der Waals surface area contributed by atoms with Crippen molar-refractivity contribution in [2.24, 2.45) is 0 Å². The van der Waals surface area contributed by atoms with E-state index in [4.69, 9.17) is 0 Å². The van der Waals surface area contributed by atoms with Crippen LogP contribution in [0.1, 0.15) is 0 Å². The Morgan fingerprint density at radius 2 is 1.50 bits per heavy atom. The molecule has 0 aliphatic rings. The van der Waals surface area contributed by atoms with Crippen molar-refractivity contribution in [3.63, 3.8) is 0 Å². The summed E-state index contributed by atoms with van der Waals surface area (Å²) in [6.45, 7) is 0. The Balaban J connectivity index is 1.91. The zero-order valence-electron chi connectivity index (χ0n) is 10.7. The third-order valence-corrected chi connectivity index (χ3v) is 3.38. The molecule has 4 rings (SSSR count). The summed E-state index contributed by atoms with van der Waals surface area (Å²) >= 11 is 0. The van der Waals surface area contributed by atoms with Crippen LogP contribution in [0.25, 0.3) is 33.1 Å². The molecule has 20 heavy (non-hydrogen) atoms. The van der Waals surface area contributed by atoms with Crippen LogP contribution in [0, 0.1) is 0 Å². The molecule has 94 valence electrons. The average molecular weight is 257 g/mol. The van der Waals surface area contributed by atoms with E-state index in [1.54, 1.807) is 6.20 Å². The van der Waals surface area contributed by atoms with Crippen molar-refractivity contribution in [3.8, 4) is 11.3 Å². The number of benzene rings is 1. The standard InChI is InChI=1S/C17H11N3/c1-2-5-14-10-19-16(9-12(14)4-1)15-8-13-6-3-7-18-17(13)20-11-15/h1-11H. The van der Waals surface area contributed by atoms with E-state index in [9.17, 15) is 0 Å². The second kappa shape index (κ2) is 4.38. The van der Waals surface area contributed by atoms with E-state index < -0.39 is 0 Å². The number of fused-ring (bicyclic) bond motifs is 2. The second-order valence-electron chi connectivity index (χ2n) is 4.69. The number of aromatic nitrogens is 3. The molecule has 0 spiro atoms. The summed E-state index contributed by atoms with van der Waals surface area (Å²) in [5.41, 5.74) is 2.70. The molecule has 0 aliphatic carbocycles. The average Bonchev–Trinajstić information content (AvgIpc) is 2.54. The summed E-state index contributed by atoms with van der Waals surface area (Å²) < 4.78 is 0. The molecule has 0 saturated carbocycles. The van der Waals surface area contributed by atoms with Gasteiger partial charge in [-0.15, -0.1) is 0 Å². The molecule has 0 unspecified atom stereocenters. The van der Waals surface area contributed by atoms with Gasteiger partial charge in [-0.05, 0) is 29.7 Å². The normalized spacial score (nSPS) is 11.0. The number of hydrogen-bond acceptors (Lipinski definition) is 3. The van der Waals surface area contributed by atoms with Crippen LogP contribution in [0.2, 0.25) is 0 Å². The summed E-state index contributed by atoms with van der Waals surface area (Å²) in [7, 11) is 0. The van der Waals surface area contributed by atoms with Crippen molar-refractivity contribution in [1.29, 1.82) is 0 Å². The summed E-state index contributed by atoms with van der Waals surface area (Å²) in [6, 6.07) is 16.3. The summed E-state index contributed by atoms with van der Waals surface area (Å²) in [6.07, 6.45) is 5.48. The van der Waals surface area contributed by atoms with E-state index in [-0.39, 0.29) is 0 Å². The van der Waals surface area contributed by atoms with Crippen molar-refractivity contribution in [2.75, 3.05) is 0 Å². The van der Waals surface area contributed by atoms with Crippen LogP contribution >= 0.6 is 0 Å². The van der Waals surface area contributed by atoms with Gasteiger partial charge in [0.2, 0.25) is 0 Å². The van der Waals surface area contributed by atoms with Crippen LogP contribution in [0.4, 0.5) is 0 Å². The lowest BCUT2D eigenvalue weighted by molar-refractivity contribution is 1.27. The van der Waals surface area contributed by atoms with Crippen LogP contribution in [-0.2, 0) is 0 Å². The van der Waals surface area contributed by atoms with E-state index in [2.05, 4.69) is 39.2 Å². The molecule has 4 aromatic rings. The molecule has 0 bridgehead atoms. The first-order valence-electron chi connectivity index (χ1n) is 6.46. The van der Waals surface area contributed by atoms with Gasteiger partial charge in [-0.25, -0.2) is 9.97 Å². The maximum Gasteiger partial charge on any atom is 0.159 e. The molecule has 3 aromatic heterocycles. The molecule has 0 amide bonds. The Morgan fingerprint density at radius 1 is 0.650 bits per heavy atom. The smallest absolute Gasteiger partial charge is 0.159 e. The number of rotatable bonds is 1. The number of hydrogen-bond donors (Lipinski definition) is 0. The molecular formula is C17H11N3. The van der Waals surface area contributed by atoms with Crippen molar-refractivity contribution in [1.82, 2.24) is 15.0 Å². The Bertz CT molecular complexity index is 838. The third kappa shape index (κ3) is 1.80. The van der Waals surface area contributed by atoms with E-state index in [0.29, 0.717) is 0 Å². The van der Waals surface area contributed by atoms with Gasteiger partial charge in [0.25, 0.3) is 0 Å². The molecule has 3 heteroatoms. The predicted octanol–water partition coefficient (Wildman–Crippen LogP) is 3.85. The Kier molecular flexibility index (Phi) is 2.42. The maximum atomic E-state index is 4.52. The molecule has 3 heterocycles. The van der Waals surface area contributed by atoms with E-state index >= 15 is 0 Å². The molecule has 0 saturated heterocycles. The Labute approximate surface area is 116 Å². The zero-order valence-corrected chi connectivity index (χ0v) is 10.7. The third-order valence-electron chi connectivity index (χ3n) is 3.38. The monoisotopic (exact) mass is 257 g/mol. The van der Waals surface area contributed by atoms with Crippen molar-refractivity contribution >= 4 is 21.8 Å². The zero-order chi connectivity index (χ0) is 13.4. The van der Waals surface area contributed by atoms with Gasteiger partial charge < -0.3 is 0 Å². The highest BCUT2D eigenvalue weighted by Gasteiger charge is 2.03. The molecule has 0 N–H and O–H groups in total. The predicted molar refractivity (Wildman–Crippen MR) is 80.3 cm³/mol. The van der Waals surface area contributed by atoms with Crippen LogP contribution < -0.4 is 0 Å². The van der Waals surface area contributed by atoms with Gasteiger partial charge in [0.05, 0.1) is 5.69 Å². The summed E-state index contributed by atoms with van der Waals surface area (Å²) in [5, 5.41) is 3.36. The van der Waals surface area contributed by atoms with Crippen molar-refractivity contribution < 1.29 is 0 Å². The van der Waals surface area contributed by atoms with Gasteiger partial charge in [0.1, 0.15) is 0 Å². The van der Waals surface area contributed by atoms with Crippen molar-refractivity contribution in [2.45, 2.75) is 0 Å². The highest BCUT2D eigenvalue weighted by Crippen LogP contribution is 2.23. The van der Waals surface area contributed by atoms with Gasteiger partial charge >= 0.3 is 0 Å². The second-order valence-corrected chi connectivity index (χ2v) is 4.69. The van der Waals surface area contributed by atoms with Gasteiger partial charge in [-0.3, -0.25) is 4.98 Å². The first kappa shape index (κ1) is 11.1. The Hall–Kier alpha value is -2.81. The minimum Gasteiger partial charge on any atom is -0.256 e. The van der Waals surface area contributed by atoms with Gasteiger partial charge in [-0.2, -0.15) is 0 Å². The molecule has 3 nitrogen and oxygen atoms in total. The molecule has 0 aliphatic heterocycles. The highest BCUT2D eigenvalue weighted by atomic mass is 14.8. The van der Waals surface area contributed by atoms with Gasteiger partial charge in [0.15, 0.2) is 5.65 Å². The first-order chi connectivity index (χ1) is 9.90. The van der Waals surface area contributed by atoms with Crippen LogP contribution in [0.15, 0.2) is 67.1 Å². The van der Waals surface area contributed by atoms with Crippen LogP contribution in [0.3, 0.4) is 0 Å². The van der Waals surface area contributed by atoms with E-state index in [1.165, 1.54) is 5.39 Å². The quantitative estimate of drug-likeness (QED) is 0.520. The lowest BCUT2D eigenvalue weighted by Crippen LogP contribution is -1.88. The number of nitrogens with zero attached hydrogens (tertiary/aromatic N) is 3. The molecule has 0 fully saturated rings. The summed E-state index contributed by atoms with van der Waals surface area (Å²) in [4.78, 5) is 13.1. The molecular weight excluding hydrogens is 246 g/mol. The topological polar surface area (TPSA) is 38.7 Å². The van der Waals surface area contributed by atoms with Crippen LogP contribution in [0.5, 0.6) is 0 Å². The minimum absolute atomic E-state index is 0.761. The van der Waals surface area contributed by atoms with Gasteiger partial charge in [0, 0.05) is 34.9 Å². The largest absolute Gasteiger partial charge is 0.256 e. The van der Waals surface area contributed by atoms with E-state index in [0.717, 1.165) is 27.7 Å². The highest BCUT2D eigenvalue weighted by molar-refractivity contribution is 5.86. The van der Waals surface area contributed by atoms with Crippen molar-refractivity contribution in [3.05, 3.63) is 67.1 Å². The fourth-order valence-electron chi connectivity index (χ4n) is 2.35. The fraction of sp³-hybridized carbons (Fsp3) is 0. The minimum atomic E-state index is 0.761. The van der Waals surface area contributed by atoms with Crippen LogP contribution in [-0.4, -0.2) is 15.0 Å². The van der Waals surface area contributed by atoms with Gasteiger partial charge in [-0.1, -0.05) is 24.3 Å². The summed E-state index contributed by atoms with van der Waals surface area (Å²) in [5.74, 6) is 0. The number of pyridine rings is 3. The maximum absolute atomic E-state index is 4.52. The Morgan fingerprint density at radius 3 is 2.45 bits per heavy atom. The lowest BCUT2D eigenvalue weighted by atomic mass is 10.1. The van der Waals surface area contributed by atoms with E-state index in [1.807, 2.05) is 36.7 Å². The fourth-order valence-corrected chi connectivity index (χ4v) is 2.35. The molecule has 0 atom stereocenters. The SMILES string of the molecule is c1ccc2cc(-c3cnc4ncccc4c3)ncc2c1. The molecule has 1 aromatic carbocycles. The first-order valence-corrected chi connectivity index (χ1v) is 6.46. The lowest BCUT2D eigenvalue weighted by Gasteiger charge is -2.04.